The van der Waals surface area contributed by atoms with E-state index in [9.17, 15) is 4.79 Å². The zero-order valence-corrected chi connectivity index (χ0v) is 14.2. The number of fused-ring (bicyclic) bond motifs is 2. The predicted molar refractivity (Wildman–Crippen MR) is 93.6 cm³/mol. The molecule has 4 rings (SSSR count). The van der Waals surface area contributed by atoms with Crippen LogP contribution < -0.4 is 14.8 Å². The summed E-state index contributed by atoms with van der Waals surface area (Å²) < 4.78 is 12.8. The van der Waals surface area contributed by atoms with Gasteiger partial charge in [-0.25, -0.2) is 4.68 Å². The highest BCUT2D eigenvalue weighted by atomic mass is 35.5. The average Bonchev–Trinajstić information content (AvgIpc) is 3.04. The SMILES string of the molecule is CCn1nnc2cc(C(=O)Nc3cc4c(cc3Cl)OCCO4)ccc21. The number of carbonyl (C=O) groups is 1. The Kier molecular flexibility index (Phi) is 3.93. The fraction of sp³-hybridized carbons (Fsp3) is 0.235. The Hall–Kier alpha value is -2.80. The molecule has 1 aliphatic heterocycles. The van der Waals surface area contributed by atoms with Gasteiger partial charge in [-0.3, -0.25) is 4.79 Å². The van der Waals surface area contributed by atoms with E-state index in [1.807, 2.05) is 13.0 Å². The molecule has 0 fully saturated rings. The van der Waals surface area contributed by atoms with Crippen LogP contribution in [0.15, 0.2) is 30.3 Å². The van der Waals surface area contributed by atoms with Crippen molar-refractivity contribution in [1.29, 1.82) is 0 Å². The van der Waals surface area contributed by atoms with Crippen molar-refractivity contribution in [1.82, 2.24) is 15.0 Å². The normalized spacial score (nSPS) is 13.0. The van der Waals surface area contributed by atoms with Gasteiger partial charge in [-0.2, -0.15) is 0 Å². The molecule has 7 nitrogen and oxygen atoms in total. The number of benzene rings is 2. The number of nitrogens with zero attached hydrogens (tertiary/aromatic N) is 3. The first-order valence-corrected chi connectivity index (χ1v) is 8.27. The Morgan fingerprint density at radius 1 is 1.24 bits per heavy atom. The van der Waals surface area contributed by atoms with Gasteiger partial charge in [-0.1, -0.05) is 16.8 Å². The largest absolute Gasteiger partial charge is 0.486 e. The van der Waals surface area contributed by atoms with Crippen LogP contribution in [0.3, 0.4) is 0 Å². The molecule has 0 saturated heterocycles. The Labute approximate surface area is 148 Å². The lowest BCUT2D eigenvalue weighted by Gasteiger charge is -2.20. The van der Waals surface area contributed by atoms with E-state index in [1.54, 1.807) is 28.9 Å². The zero-order valence-electron chi connectivity index (χ0n) is 13.5. The first-order valence-electron chi connectivity index (χ1n) is 7.89. The smallest absolute Gasteiger partial charge is 0.255 e. The molecule has 1 aromatic heterocycles. The van der Waals surface area contributed by atoms with Crippen LogP contribution >= 0.6 is 11.6 Å². The minimum Gasteiger partial charge on any atom is -0.486 e. The second kappa shape index (κ2) is 6.25. The van der Waals surface area contributed by atoms with Crippen molar-refractivity contribution < 1.29 is 14.3 Å². The Bertz CT molecular complexity index is 970. The maximum Gasteiger partial charge on any atom is 0.255 e. The molecule has 1 N–H and O–H groups in total. The van der Waals surface area contributed by atoms with Gasteiger partial charge < -0.3 is 14.8 Å². The number of halogens is 1. The van der Waals surface area contributed by atoms with Gasteiger partial charge in [0.05, 0.1) is 16.2 Å². The topological polar surface area (TPSA) is 78.3 Å². The summed E-state index contributed by atoms with van der Waals surface area (Å²) in [5.74, 6) is 0.852. The average molecular weight is 359 g/mol. The lowest BCUT2D eigenvalue weighted by Crippen LogP contribution is -2.17. The summed E-state index contributed by atoms with van der Waals surface area (Å²) in [6, 6.07) is 8.58. The highest BCUT2D eigenvalue weighted by Gasteiger charge is 2.17. The molecule has 0 radical (unpaired) electrons. The van der Waals surface area contributed by atoms with Gasteiger partial charge in [0.25, 0.3) is 5.91 Å². The molecule has 0 bridgehead atoms. The van der Waals surface area contributed by atoms with E-state index in [2.05, 4.69) is 15.6 Å². The predicted octanol–water partition coefficient (Wildman–Crippen LogP) is 3.13. The third kappa shape index (κ3) is 2.87. The van der Waals surface area contributed by atoms with Gasteiger partial charge in [0, 0.05) is 24.2 Å². The molecule has 0 spiro atoms. The van der Waals surface area contributed by atoms with Crippen LogP contribution in [0, 0.1) is 0 Å². The highest BCUT2D eigenvalue weighted by molar-refractivity contribution is 6.34. The molecule has 2 heterocycles. The molecule has 0 atom stereocenters. The monoisotopic (exact) mass is 358 g/mol. The lowest BCUT2D eigenvalue weighted by atomic mass is 10.1. The third-order valence-electron chi connectivity index (χ3n) is 3.96. The fourth-order valence-electron chi connectivity index (χ4n) is 2.70. The Morgan fingerprint density at radius 2 is 2.00 bits per heavy atom. The van der Waals surface area contributed by atoms with Crippen molar-refractivity contribution in [3.63, 3.8) is 0 Å². The highest BCUT2D eigenvalue weighted by Crippen LogP contribution is 2.38. The maximum absolute atomic E-state index is 12.6. The van der Waals surface area contributed by atoms with Crippen LogP contribution in [-0.2, 0) is 6.54 Å². The first-order chi connectivity index (χ1) is 12.2. The van der Waals surface area contributed by atoms with Crippen molar-refractivity contribution in [3.05, 3.63) is 40.9 Å². The zero-order chi connectivity index (χ0) is 17.4. The number of carbonyl (C=O) groups excluding carboxylic acids is 1. The van der Waals surface area contributed by atoms with E-state index in [0.717, 1.165) is 12.1 Å². The molecule has 1 aliphatic rings. The number of amides is 1. The summed E-state index contributed by atoms with van der Waals surface area (Å²) in [7, 11) is 0. The quantitative estimate of drug-likeness (QED) is 0.778. The van der Waals surface area contributed by atoms with Gasteiger partial charge in [0.2, 0.25) is 0 Å². The van der Waals surface area contributed by atoms with E-state index < -0.39 is 0 Å². The third-order valence-corrected chi connectivity index (χ3v) is 4.27. The maximum atomic E-state index is 12.6. The van der Waals surface area contributed by atoms with E-state index in [0.29, 0.717) is 46.5 Å². The van der Waals surface area contributed by atoms with E-state index in [4.69, 9.17) is 21.1 Å². The fourth-order valence-corrected chi connectivity index (χ4v) is 2.90. The summed E-state index contributed by atoms with van der Waals surface area (Å²) in [5, 5.41) is 11.3. The molecular weight excluding hydrogens is 344 g/mol. The second-order valence-electron chi connectivity index (χ2n) is 5.54. The number of nitrogens with one attached hydrogen (secondary N) is 1. The van der Waals surface area contributed by atoms with Crippen LogP contribution in [0.2, 0.25) is 5.02 Å². The number of hydrogen-bond acceptors (Lipinski definition) is 5. The number of anilines is 1. The second-order valence-corrected chi connectivity index (χ2v) is 5.95. The molecular formula is C17H15ClN4O3. The molecule has 8 heteroatoms. The standard InChI is InChI=1S/C17H15ClN4O3/c1-2-22-14-4-3-10(7-13(14)20-21-22)17(23)19-12-9-16-15(8-11(12)18)24-5-6-25-16/h3-4,7-9H,2,5-6H2,1H3,(H,19,23). The van der Waals surface area contributed by atoms with Crippen molar-refractivity contribution >= 4 is 34.2 Å². The molecule has 0 saturated carbocycles. The summed E-state index contributed by atoms with van der Waals surface area (Å²) >= 11 is 6.23. The molecule has 1 amide bonds. The summed E-state index contributed by atoms with van der Waals surface area (Å²) in [6.07, 6.45) is 0. The van der Waals surface area contributed by atoms with E-state index >= 15 is 0 Å². The Balaban J connectivity index is 1.61. The van der Waals surface area contributed by atoms with Crippen LogP contribution in [0.25, 0.3) is 11.0 Å². The molecule has 3 aromatic rings. The first kappa shape index (κ1) is 15.7. The summed E-state index contributed by atoms with van der Waals surface area (Å²) in [5.41, 5.74) is 2.49. The van der Waals surface area contributed by atoms with Gasteiger partial charge in [-0.15, -0.1) is 5.10 Å². The number of aryl methyl sites for hydroxylation is 1. The van der Waals surface area contributed by atoms with Gasteiger partial charge in [-0.05, 0) is 25.1 Å². The van der Waals surface area contributed by atoms with Crippen molar-refractivity contribution in [2.75, 3.05) is 18.5 Å². The summed E-state index contributed by atoms with van der Waals surface area (Å²) in [6.45, 7) is 3.65. The van der Waals surface area contributed by atoms with Crippen LogP contribution in [-0.4, -0.2) is 34.1 Å². The van der Waals surface area contributed by atoms with Crippen molar-refractivity contribution in [2.45, 2.75) is 13.5 Å². The molecule has 0 unspecified atom stereocenters. The number of ether oxygens (including phenoxy) is 2. The van der Waals surface area contributed by atoms with Gasteiger partial charge >= 0.3 is 0 Å². The molecule has 128 valence electrons. The van der Waals surface area contributed by atoms with Gasteiger partial charge in [0.15, 0.2) is 11.5 Å². The van der Waals surface area contributed by atoms with Crippen LogP contribution in [0.1, 0.15) is 17.3 Å². The molecule has 25 heavy (non-hydrogen) atoms. The lowest BCUT2D eigenvalue weighted by molar-refractivity contribution is 0.102. The van der Waals surface area contributed by atoms with Crippen molar-refractivity contribution in [3.8, 4) is 11.5 Å². The van der Waals surface area contributed by atoms with Crippen LogP contribution in [0.5, 0.6) is 11.5 Å². The number of rotatable bonds is 3. The summed E-state index contributed by atoms with van der Waals surface area (Å²) in [4.78, 5) is 12.6. The minimum atomic E-state index is -0.286. The van der Waals surface area contributed by atoms with E-state index in [1.165, 1.54) is 0 Å². The molecule has 0 aliphatic carbocycles. The van der Waals surface area contributed by atoms with Crippen molar-refractivity contribution in [2.24, 2.45) is 0 Å². The Morgan fingerprint density at radius 3 is 2.76 bits per heavy atom. The number of hydrogen-bond donors (Lipinski definition) is 1. The van der Waals surface area contributed by atoms with E-state index in [-0.39, 0.29) is 5.91 Å². The molecule has 2 aromatic carbocycles. The van der Waals surface area contributed by atoms with Gasteiger partial charge in [0.1, 0.15) is 18.7 Å². The van der Waals surface area contributed by atoms with Crippen LogP contribution in [0.4, 0.5) is 5.69 Å². The minimum absolute atomic E-state index is 0.286. The number of aromatic nitrogens is 3.